The van der Waals surface area contributed by atoms with Gasteiger partial charge in [0.15, 0.2) is 0 Å². The van der Waals surface area contributed by atoms with E-state index in [4.69, 9.17) is 5.73 Å². The number of amides is 1. The Morgan fingerprint density at radius 2 is 1.84 bits per heavy atom. The van der Waals surface area contributed by atoms with Crippen LogP contribution in [0.15, 0.2) is 29.2 Å². The first-order valence-corrected chi connectivity index (χ1v) is 6.95. The van der Waals surface area contributed by atoms with Gasteiger partial charge in [0.05, 0.1) is 4.90 Å². The zero-order valence-electron chi connectivity index (χ0n) is 10.4. The summed E-state index contributed by atoms with van der Waals surface area (Å²) in [5.74, 6) is -0.574. The van der Waals surface area contributed by atoms with Crippen LogP contribution in [0.2, 0.25) is 0 Å². The van der Waals surface area contributed by atoms with Crippen molar-refractivity contribution in [2.24, 2.45) is 5.73 Å². The number of hydrogen-bond acceptors (Lipinski definition) is 4. The number of hydrogen-bond donors (Lipinski definition) is 2. The Balaban J connectivity index is 0.00000180. The fourth-order valence-corrected chi connectivity index (χ4v) is 3.04. The van der Waals surface area contributed by atoms with E-state index in [1.807, 2.05) is 0 Å². The lowest BCUT2D eigenvalue weighted by Crippen LogP contribution is -2.57. The van der Waals surface area contributed by atoms with E-state index in [2.05, 4.69) is 5.32 Å². The number of likely N-dealkylation sites (N-methyl/N-ethyl adjacent to an activating group) is 1. The lowest BCUT2D eigenvalue weighted by Gasteiger charge is -2.34. The highest BCUT2D eigenvalue weighted by molar-refractivity contribution is 7.89. The summed E-state index contributed by atoms with van der Waals surface area (Å²) in [6.07, 6.45) is 0. The third kappa shape index (κ3) is 3.06. The summed E-state index contributed by atoms with van der Waals surface area (Å²) in [5.41, 5.74) is 5.40. The van der Waals surface area contributed by atoms with Crippen LogP contribution >= 0.6 is 12.4 Å². The summed E-state index contributed by atoms with van der Waals surface area (Å²) in [6.45, 7) is 1.32. The molecule has 2 rings (SSSR count). The number of nitrogens with one attached hydrogen (secondary N) is 1. The highest BCUT2D eigenvalue weighted by atomic mass is 35.5. The zero-order valence-corrected chi connectivity index (χ0v) is 12.0. The average Bonchev–Trinajstić information content (AvgIpc) is 2.26. The van der Waals surface area contributed by atoms with Crippen LogP contribution in [0.25, 0.3) is 0 Å². The second kappa shape index (κ2) is 5.87. The van der Waals surface area contributed by atoms with Gasteiger partial charge in [-0.3, -0.25) is 4.79 Å². The molecule has 19 heavy (non-hydrogen) atoms. The maximum absolute atomic E-state index is 12.2. The molecule has 0 atom stereocenters. The smallest absolute Gasteiger partial charge is 0.248 e. The predicted molar refractivity (Wildman–Crippen MR) is 73.8 cm³/mol. The quantitative estimate of drug-likeness (QED) is 0.806. The monoisotopic (exact) mass is 305 g/mol. The van der Waals surface area contributed by atoms with E-state index in [9.17, 15) is 13.2 Å². The van der Waals surface area contributed by atoms with E-state index in [0.717, 1.165) is 0 Å². The molecule has 1 amide bonds. The van der Waals surface area contributed by atoms with Crippen molar-refractivity contribution in [3.8, 4) is 0 Å². The molecule has 0 radical (unpaired) electrons. The van der Waals surface area contributed by atoms with Crippen LogP contribution < -0.4 is 11.1 Å². The number of sulfonamides is 1. The summed E-state index contributed by atoms with van der Waals surface area (Å²) >= 11 is 0. The third-order valence-electron chi connectivity index (χ3n) is 3.09. The lowest BCUT2D eigenvalue weighted by molar-refractivity contribution is 0.1000. The van der Waals surface area contributed by atoms with Crippen LogP contribution in [0.1, 0.15) is 10.4 Å². The largest absolute Gasteiger partial charge is 0.366 e. The van der Waals surface area contributed by atoms with E-state index in [1.165, 1.54) is 28.6 Å². The van der Waals surface area contributed by atoms with E-state index in [-0.39, 0.29) is 23.3 Å². The number of rotatable bonds is 4. The van der Waals surface area contributed by atoms with Gasteiger partial charge in [0.1, 0.15) is 0 Å². The van der Waals surface area contributed by atoms with Gasteiger partial charge in [-0.2, -0.15) is 4.31 Å². The van der Waals surface area contributed by atoms with E-state index < -0.39 is 15.9 Å². The number of primary amides is 1. The van der Waals surface area contributed by atoms with E-state index >= 15 is 0 Å². The minimum Gasteiger partial charge on any atom is -0.366 e. The van der Waals surface area contributed by atoms with Gasteiger partial charge >= 0.3 is 0 Å². The Hall–Kier alpha value is -1.15. The molecule has 0 spiro atoms. The highest BCUT2D eigenvalue weighted by Crippen LogP contribution is 2.18. The number of benzene rings is 1. The molecule has 0 bridgehead atoms. The molecule has 3 N–H and O–H groups in total. The molecule has 1 heterocycles. The summed E-state index contributed by atoms with van der Waals surface area (Å²) < 4.78 is 25.8. The average molecular weight is 306 g/mol. The normalized spacial score (nSPS) is 15.7. The van der Waals surface area contributed by atoms with E-state index in [1.54, 1.807) is 7.05 Å². The van der Waals surface area contributed by atoms with Gasteiger partial charge in [0.25, 0.3) is 0 Å². The maximum Gasteiger partial charge on any atom is 0.248 e. The Labute approximate surface area is 118 Å². The minimum atomic E-state index is -3.50. The van der Waals surface area contributed by atoms with Crippen molar-refractivity contribution in [2.45, 2.75) is 10.9 Å². The molecule has 0 saturated carbocycles. The van der Waals surface area contributed by atoms with Crippen molar-refractivity contribution < 1.29 is 13.2 Å². The van der Waals surface area contributed by atoms with Crippen LogP contribution in [0, 0.1) is 0 Å². The van der Waals surface area contributed by atoms with Gasteiger partial charge in [-0.25, -0.2) is 8.42 Å². The van der Waals surface area contributed by atoms with Crippen LogP contribution in [0.3, 0.4) is 0 Å². The molecule has 0 aliphatic carbocycles. The van der Waals surface area contributed by atoms with Crippen molar-refractivity contribution in [1.82, 2.24) is 9.62 Å². The minimum absolute atomic E-state index is 0. The summed E-state index contributed by atoms with van der Waals surface area (Å²) in [5, 5.41) is 3.02. The molecule has 1 saturated heterocycles. The topological polar surface area (TPSA) is 92.5 Å². The van der Waals surface area contributed by atoms with Crippen LogP contribution in [-0.4, -0.2) is 44.8 Å². The summed E-state index contributed by atoms with van der Waals surface area (Å²) in [7, 11) is -1.94. The molecule has 0 aromatic heterocycles. The standard InChI is InChI=1S/C11H15N3O3S.ClH/c1-14(9-6-13-7-9)18(16,17)10-4-2-8(3-5-10)11(12)15;/h2-5,9,13H,6-7H2,1H3,(H2,12,15);1H. The predicted octanol–water partition coefficient (Wildman–Crippen LogP) is -0.200. The van der Waals surface area contributed by atoms with Crippen molar-refractivity contribution >= 4 is 28.3 Å². The molecule has 1 aromatic rings. The van der Waals surface area contributed by atoms with Crippen molar-refractivity contribution in [1.29, 1.82) is 0 Å². The molecular weight excluding hydrogens is 290 g/mol. The molecule has 0 unspecified atom stereocenters. The van der Waals surface area contributed by atoms with Crippen LogP contribution in [0.5, 0.6) is 0 Å². The Morgan fingerprint density at radius 1 is 1.32 bits per heavy atom. The van der Waals surface area contributed by atoms with Gasteiger partial charge in [0, 0.05) is 31.7 Å². The van der Waals surface area contributed by atoms with E-state index in [0.29, 0.717) is 18.7 Å². The second-order valence-corrected chi connectivity index (χ2v) is 6.22. The molecular formula is C11H16ClN3O3S. The summed E-state index contributed by atoms with van der Waals surface area (Å²) in [6, 6.07) is 5.63. The highest BCUT2D eigenvalue weighted by Gasteiger charge is 2.31. The number of nitrogens with two attached hydrogens (primary N) is 1. The molecule has 1 aliphatic rings. The van der Waals surface area contributed by atoms with Crippen LogP contribution in [-0.2, 0) is 10.0 Å². The molecule has 6 nitrogen and oxygen atoms in total. The SMILES string of the molecule is CN(C1CNC1)S(=O)(=O)c1ccc(C(N)=O)cc1.Cl. The lowest BCUT2D eigenvalue weighted by atomic mass is 10.2. The number of halogens is 1. The first kappa shape index (κ1) is 15.9. The Bertz CT molecular complexity index is 555. The molecule has 1 aromatic carbocycles. The Kier molecular flexibility index (Phi) is 4.92. The zero-order chi connectivity index (χ0) is 13.3. The first-order chi connectivity index (χ1) is 8.43. The van der Waals surface area contributed by atoms with Crippen molar-refractivity contribution in [3.05, 3.63) is 29.8 Å². The van der Waals surface area contributed by atoms with Gasteiger partial charge in [-0.1, -0.05) is 0 Å². The Morgan fingerprint density at radius 3 is 2.21 bits per heavy atom. The number of carbonyl (C=O) groups excluding carboxylic acids is 1. The van der Waals surface area contributed by atoms with Crippen molar-refractivity contribution in [2.75, 3.05) is 20.1 Å². The molecule has 1 aliphatic heterocycles. The van der Waals surface area contributed by atoms with Gasteiger partial charge < -0.3 is 11.1 Å². The maximum atomic E-state index is 12.2. The fourth-order valence-electron chi connectivity index (χ4n) is 1.68. The molecule has 1 fully saturated rings. The van der Waals surface area contributed by atoms with Gasteiger partial charge in [-0.15, -0.1) is 12.4 Å². The summed E-state index contributed by atoms with van der Waals surface area (Å²) in [4.78, 5) is 11.1. The molecule has 106 valence electrons. The van der Waals surface area contributed by atoms with Gasteiger partial charge in [-0.05, 0) is 24.3 Å². The first-order valence-electron chi connectivity index (χ1n) is 5.51. The fraction of sp³-hybridized carbons (Fsp3) is 0.364. The van der Waals surface area contributed by atoms with Gasteiger partial charge in [0.2, 0.25) is 15.9 Å². The second-order valence-electron chi connectivity index (χ2n) is 4.22. The third-order valence-corrected chi connectivity index (χ3v) is 5.01. The van der Waals surface area contributed by atoms with Crippen LogP contribution in [0.4, 0.5) is 0 Å². The molecule has 8 heteroatoms. The number of carbonyl (C=O) groups is 1. The number of nitrogens with zero attached hydrogens (tertiary/aromatic N) is 1. The van der Waals surface area contributed by atoms with Crippen molar-refractivity contribution in [3.63, 3.8) is 0 Å².